The zero-order chi connectivity index (χ0) is 11.5. The van der Waals surface area contributed by atoms with Crippen LogP contribution in [-0.4, -0.2) is 29.4 Å². The Morgan fingerprint density at radius 1 is 1.44 bits per heavy atom. The lowest BCUT2D eigenvalue weighted by atomic mass is 10.1. The SMILES string of the molecule is N#CCCN(C(=O)CC(N)C1CC1)C1CC1. The number of nitrogens with zero attached hydrogens (tertiary/aromatic N) is 2. The van der Waals surface area contributed by atoms with Gasteiger partial charge in [0, 0.05) is 25.0 Å². The van der Waals surface area contributed by atoms with Crippen LogP contribution in [0.3, 0.4) is 0 Å². The van der Waals surface area contributed by atoms with Crippen molar-refractivity contribution in [2.75, 3.05) is 6.54 Å². The molecule has 2 rings (SSSR count). The monoisotopic (exact) mass is 221 g/mol. The van der Waals surface area contributed by atoms with Crippen LogP contribution in [0.1, 0.15) is 38.5 Å². The van der Waals surface area contributed by atoms with E-state index in [-0.39, 0.29) is 11.9 Å². The Kier molecular flexibility index (Phi) is 3.45. The summed E-state index contributed by atoms with van der Waals surface area (Å²) < 4.78 is 0. The highest BCUT2D eigenvalue weighted by Crippen LogP contribution is 2.34. The van der Waals surface area contributed by atoms with Gasteiger partial charge in [0.1, 0.15) is 0 Å². The van der Waals surface area contributed by atoms with Crippen LogP contribution in [0.5, 0.6) is 0 Å². The third kappa shape index (κ3) is 2.96. The van der Waals surface area contributed by atoms with Crippen LogP contribution < -0.4 is 5.73 Å². The molecule has 0 saturated heterocycles. The van der Waals surface area contributed by atoms with Crippen LogP contribution in [0.15, 0.2) is 0 Å². The standard InChI is InChI=1S/C12H19N3O/c13-6-1-7-15(10-4-5-10)12(16)8-11(14)9-2-3-9/h9-11H,1-5,7-8,14H2. The molecule has 0 aromatic heterocycles. The van der Waals surface area contributed by atoms with Crippen molar-refractivity contribution in [1.82, 2.24) is 4.90 Å². The Labute approximate surface area is 96.4 Å². The van der Waals surface area contributed by atoms with E-state index < -0.39 is 0 Å². The van der Waals surface area contributed by atoms with Crippen molar-refractivity contribution in [3.8, 4) is 6.07 Å². The number of hydrogen-bond donors (Lipinski definition) is 1. The van der Waals surface area contributed by atoms with Gasteiger partial charge >= 0.3 is 0 Å². The summed E-state index contributed by atoms with van der Waals surface area (Å²) in [6.45, 7) is 0.581. The lowest BCUT2D eigenvalue weighted by Gasteiger charge is -2.23. The summed E-state index contributed by atoms with van der Waals surface area (Å²) in [5.41, 5.74) is 5.95. The van der Waals surface area contributed by atoms with E-state index in [9.17, 15) is 4.79 Å². The van der Waals surface area contributed by atoms with Gasteiger partial charge in [0.2, 0.25) is 5.91 Å². The van der Waals surface area contributed by atoms with Crippen molar-refractivity contribution in [3.05, 3.63) is 0 Å². The Bertz CT molecular complexity index is 302. The first-order chi connectivity index (χ1) is 7.72. The number of nitrogens with two attached hydrogens (primary N) is 1. The molecular formula is C12H19N3O. The van der Waals surface area contributed by atoms with E-state index in [4.69, 9.17) is 11.0 Å². The van der Waals surface area contributed by atoms with Crippen LogP contribution in [0, 0.1) is 17.2 Å². The van der Waals surface area contributed by atoms with Crippen molar-refractivity contribution < 1.29 is 4.79 Å². The molecule has 2 fully saturated rings. The minimum Gasteiger partial charge on any atom is -0.339 e. The highest BCUT2D eigenvalue weighted by molar-refractivity contribution is 5.77. The molecule has 0 aromatic rings. The molecule has 0 aromatic carbocycles. The van der Waals surface area contributed by atoms with Gasteiger partial charge in [-0.2, -0.15) is 5.26 Å². The summed E-state index contributed by atoms with van der Waals surface area (Å²) in [5.74, 6) is 0.720. The predicted molar refractivity (Wildman–Crippen MR) is 60.3 cm³/mol. The van der Waals surface area contributed by atoms with Crippen LogP contribution in [-0.2, 0) is 4.79 Å². The summed E-state index contributed by atoms with van der Waals surface area (Å²) in [6, 6.07) is 2.53. The fourth-order valence-electron chi connectivity index (χ4n) is 2.08. The van der Waals surface area contributed by atoms with E-state index in [2.05, 4.69) is 6.07 Å². The first-order valence-corrected chi connectivity index (χ1v) is 6.14. The maximum absolute atomic E-state index is 12.0. The van der Waals surface area contributed by atoms with E-state index in [1.165, 1.54) is 12.8 Å². The minimum absolute atomic E-state index is 0.0378. The third-order valence-electron chi connectivity index (χ3n) is 3.41. The average Bonchev–Trinajstić information content (AvgIpc) is 3.11. The van der Waals surface area contributed by atoms with Crippen molar-refractivity contribution in [2.45, 2.75) is 50.6 Å². The maximum atomic E-state index is 12.0. The maximum Gasteiger partial charge on any atom is 0.224 e. The highest BCUT2D eigenvalue weighted by atomic mass is 16.2. The molecule has 1 amide bonds. The fraction of sp³-hybridized carbons (Fsp3) is 0.833. The highest BCUT2D eigenvalue weighted by Gasteiger charge is 2.35. The van der Waals surface area contributed by atoms with Gasteiger partial charge in [-0.3, -0.25) is 4.79 Å². The Morgan fingerprint density at radius 3 is 2.62 bits per heavy atom. The second-order valence-electron chi connectivity index (χ2n) is 4.93. The van der Waals surface area contributed by atoms with E-state index in [1.54, 1.807) is 0 Å². The van der Waals surface area contributed by atoms with Gasteiger partial charge in [-0.15, -0.1) is 0 Å². The normalized spacial score (nSPS) is 21.2. The van der Waals surface area contributed by atoms with Crippen molar-refractivity contribution in [1.29, 1.82) is 5.26 Å². The van der Waals surface area contributed by atoms with Gasteiger partial charge in [-0.25, -0.2) is 0 Å². The fourth-order valence-corrected chi connectivity index (χ4v) is 2.08. The minimum atomic E-state index is 0.0378. The van der Waals surface area contributed by atoms with Gasteiger partial charge in [0.05, 0.1) is 12.5 Å². The van der Waals surface area contributed by atoms with Crippen molar-refractivity contribution >= 4 is 5.91 Å². The number of amides is 1. The van der Waals surface area contributed by atoms with Gasteiger partial charge in [0.15, 0.2) is 0 Å². The van der Waals surface area contributed by atoms with E-state index in [0.29, 0.717) is 31.3 Å². The van der Waals surface area contributed by atoms with E-state index in [0.717, 1.165) is 12.8 Å². The lowest BCUT2D eigenvalue weighted by molar-refractivity contribution is -0.132. The number of hydrogen-bond acceptors (Lipinski definition) is 3. The molecule has 2 N–H and O–H groups in total. The van der Waals surface area contributed by atoms with Crippen LogP contribution in [0.2, 0.25) is 0 Å². The molecule has 88 valence electrons. The van der Waals surface area contributed by atoms with Gasteiger partial charge in [-0.05, 0) is 31.6 Å². The molecule has 16 heavy (non-hydrogen) atoms. The molecule has 4 nitrogen and oxygen atoms in total. The summed E-state index contributed by atoms with van der Waals surface area (Å²) in [6.07, 6.45) is 5.44. The lowest BCUT2D eigenvalue weighted by Crippen LogP contribution is -2.38. The van der Waals surface area contributed by atoms with Crippen LogP contribution in [0.25, 0.3) is 0 Å². The number of carbonyl (C=O) groups is 1. The van der Waals surface area contributed by atoms with Crippen molar-refractivity contribution in [3.63, 3.8) is 0 Å². The summed E-state index contributed by atoms with van der Waals surface area (Å²) >= 11 is 0. The molecule has 4 heteroatoms. The van der Waals surface area contributed by atoms with E-state index >= 15 is 0 Å². The van der Waals surface area contributed by atoms with Gasteiger partial charge in [-0.1, -0.05) is 0 Å². The molecule has 1 atom stereocenters. The molecular weight excluding hydrogens is 202 g/mol. The zero-order valence-electron chi connectivity index (χ0n) is 9.56. The average molecular weight is 221 g/mol. The van der Waals surface area contributed by atoms with E-state index in [1.807, 2.05) is 4.90 Å². The molecule has 0 radical (unpaired) electrons. The predicted octanol–water partition coefficient (Wildman–Crippen LogP) is 1.02. The number of carbonyl (C=O) groups excluding carboxylic acids is 1. The summed E-state index contributed by atoms with van der Waals surface area (Å²) in [4.78, 5) is 13.9. The van der Waals surface area contributed by atoms with Crippen molar-refractivity contribution in [2.24, 2.45) is 11.7 Å². The molecule has 0 aliphatic heterocycles. The molecule has 2 aliphatic carbocycles. The first kappa shape index (κ1) is 11.4. The topological polar surface area (TPSA) is 70.1 Å². The molecule has 1 unspecified atom stereocenters. The van der Waals surface area contributed by atoms with Crippen LogP contribution >= 0.6 is 0 Å². The molecule has 0 heterocycles. The molecule has 0 bridgehead atoms. The van der Waals surface area contributed by atoms with Crippen LogP contribution in [0.4, 0.5) is 0 Å². The molecule has 2 aliphatic rings. The first-order valence-electron chi connectivity index (χ1n) is 6.14. The quantitative estimate of drug-likeness (QED) is 0.728. The van der Waals surface area contributed by atoms with Gasteiger partial charge in [0.25, 0.3) is 0 Å². The summed E-state index contributed by atoms with van der Waals surface area (Å²) in [5, 5.41) is 8.57. The summed E-state index contributed by atoms with van der Waals surface area (Å²) in [7, 11) is 0. The number of rotatable bonds is 6. The molecule has 0 spiro atoms. The number of nitriles is 1. The Morgan fingerprint density at radius 2 is 2.12 bits per heavy atom. The second-order valence-corrected chi connectivity index (χ2v) is 4.93. The zero-order valence-corrected chi connectivity index (χ0v) is 9.56. The smallest absolute Gasteiger partial charge is 0.224 e. The third-order valence-corrected chi connectivity index (χ3v) is 3.41. The largest absolute Gasteiger partial charge is 0.339 e. The molecule has 2 saturated carbocycles. The van der Waals surface area contributed by atoms with Gasteiger partial charge < -0.3 is 10.6 Å². The second kappa shape index (κ2) is 4.84. The Balaban J connectivity index is 1.81. The Hall–Kier alpha value is -1.08.